The Hall–Kier alpha value is -1.49. The summed E-state index contributed by atoms with van der Waals surface area (Å²) >= 11 is 1.36. The topological polar surface area (TPSA) is 52.6 Å². The van der Waals surface area contributed by atoms with Crippen LogP contribution in [0.1, 0.15) is 20.8 Å². The molecular formula is C14H16O4S. The van der Waals surface area contributed by atoms with Crippen LogP contribution in [0.15, 0.2) is 35.2 Å². The molecule has 3 atom stereocenters. The molecule has 0 bridgehead atoms. The fourth-order valence-corrected chi connectivity index (χ4v) is 3.40. The lowest BCUT2D eigenvalue weighted by Gasteiger charge is -2.26. The van der Waals surface area contributed by atoms with Gasteiger partial charge in [-0.3, -0.25) is 9.59 Å². The van der Waals surface area contributed by atoms with Gasteiger partial charge in [0.2, 0.25) is 0 Å². The van der Waals surface area contributed by atoms with Crippen LogP contribution in [-0.2, 0) is 19.1 Å². The molecule has 0 aromatic heterocycles. The molecule has 2 rings (SSSR count). The Morgan fingerprint density at radius 2 is 2.00 bits per heavy atom. The van der Waals surface area contributed by atoms with E-state index in [0.717, 1.165) is 4.90 Å². The molecule has 5 heteroatoms. The Morgan fingerprint density at radius 3 is 2.58 bits per heavy atom. The van der Waals surface area contributed by atoms with Gasteiger partial charge in [0.05, 0.1) is 0 Å². The zero-order chi connectivity index (χ0) is 14.0. The number of hydrogen-bond donors (Lipinski definition) is 0. The normalized spacial score (nSPS) is 29.9. The highest BCUT2D eigenvalue weighted by atomic mass is 32.2. The number of esters is 2. The number of thioether (sulfide) groups is 1. The number of ether oxygens (including phenoxy) is 2. The first-order valence-corrected chi connectivity index (χ1v) is 6.87. The molecule has 0 amide bonds. The van der Waals surface area contributed by atoms with Crippen LogP contribution >= 0.6 is 11.8 Å². The summed E-state index contributed by atoms with van der Waals surface area (Å²) in [6.07, 6.45) is -1.01. The molecule has 1 aliphatic heterocycles. The van der Waals surface area contributed by atoms with Crippen LogP contribution in [0.5, 0.6) is 0 Å². The first-order chi connectivity index (χ1) is 8.93. The molecule has 1 unspecified atom stereocenters. The summed E-state index contributed by atoms with van der Waals surface area (Å²) in [5, 5.41) is 0. The molecule has 4 nitrogen and oxygen atoms in total. The molecule has 0 spiro atoms. The quantitative estimate of drug-likeness (QED) is 0.796. The van der Waals surface area contributed by atoms with Crippen molar-refractivity contribution >= 4 is 23.7 Å². The molecule has 0 aliphatic carbocycles. The van der Waals surface area contributed by atoms with Crippen molar-refractivity contribution in [1.82, 2.24) is 0 Å². The molecule has 102 valence electrons. The van der Waals surface area contributed by atoms with E-state index in [9.17, 15) is 9.59 Å². The minimum absolute atomic E-state index is 0.347. The van der Waals surface area contributed by atoms with E-state index < -0.39 is 22.9 Å². The first-order valence-electron chi connectivity index (χ1n) is 6.06. The van der Waals surface area contributed by atoms with Crippen molar-refractivity contribution < 1.29 is 19.1 Å². The van der Waals surface area contributed by atoms with Crippen LogP contribution in [0.4, 0.5) is 0 Å². The predicted molar refractivity (Wildman–Crippen MR) is 71.8 cm³/mol. The highest BCUT2D eigenvalue weighted by molar-refractivity contribution is 8.01. The predicted octanol–water partition coefficient (Wildman–Crippen LogP) is 2.41. The van der Waals surface area contributed by atoms with Crippen LogP contribution in [0.2, 0.25) is 0 Å². The summed E-state index contributed by atoms with van der Waals surface area (Å²) in [6.45, 7) is 4.83. The Bertz CT molecular complexity index is 487. The lowest BCUT2D eigenvalue weighted by molar-refractivity contribution is -0.150. The van der Waals surface area contributed by atoms with E-state index in [1.165, 1.54) is 18.7 Å². The monoisotopic (exact) mass is 280 g/mol. The third-order valence-electron chi connectivity index (χ3n) is 3.03. The number of benzene rings is 1. The molecule has 1 saturated heterocycles. The zero-order valence-electron chi connectivity index (χ0n) is 11.1. The van der Waals surface area contributed by atoms with Crippen molar-refractivity contribution in [2.45, 2.75) is 42.6 Å². The minimum Gasteiger partial charge on any atom is -0.457 e. The largest absolute Gasteiger partial charge is 0.457 e. The summed E-state index contributed by atoms with van der Waals surface area (Å²) in [5.41, 5.74) is 0. The number of carbonyl (C=O) groups excluding carboxylic acids is 2. The second kappa shape index (κ2) is 5.25. The average Bonchev–Trinajstić information content (AvgIpc) is 2.54. The summed E-state index contributed by atoms with van der Waals surface area (Å²) in [7, 11) is 0. The van der Waals surface area contributed by atoms with Crippen LogP contribution < -0.4 is 0 Å². The van der Waals surface area contributed by atoms with Gasteiger partial charge >= 0.3 is 11.9 Å². The molecule has 1 aromatic rings. The molecule has 0 N–H and O–H groups in total. The number of cyclic esters (lactones) is 1. The van der Waals surface area contributed by atoms with Crippen molar-refractivity contribution in [2.75, 3.05) is 0 Å². The van der Waals surface area contributed by atoms with Gasteiger partial charge < -0.3 is 9.47 Å². The van der Waals surface area contributed by atoms with Crippen LogP contribution in [0.3, 0.4) is 0 Å². The molecule has 1 aromatic carbocycles. The first kappa shape index (κ1) is 13.9. The van der Waals surface area contributed by atoms with E-state index in [0.29, 0.717) is 0 Å². The maximum atomic E-state index is 12.1. The molecule has 1 heterocycles. The smallest absolute Gasteiger partial charge is 0.326 e. The number of hydrogen-bond acceptors (Lipinski definition) is 5. The second-order valence-electron chi connectivity index (χ2n) is 4.66. The summed E-state index contributed by atoms with van der Waals surface area (Å²) in [4.78, 5) is 24.2. The number of carbonyl (C=O) groups is 2. The Kier molecular flexibility index (Phi) is 3.85. The fraction of sp³-hybridized carbons (Fsp3) is 0.429. The van der Waals surface area contributed by atoms with Gasteiger partial charge in [-0.2, -0.15) is 0 Å². The number of rotatable bonds is 3. The Labute approximate surface area is 116 Å². The highest BCUT2D eigenvalue weighted by Gasteiger charge is 2.55. The van der Waals surface area contributed by atoms with Crippen LogP contribution in [-0.4, -0.2) is 28.9 Å². The summed E-state index contributed by atoms with van der Waals surface area (Å²) < 4.78 is 9.59. The summed E-state index contributed by atoms with van der Waals surface area (Å²) in [6, 6.07) is 9.53. The molecule has 1 fully saturated rings. The Morgan fingerprint density at radius 1 is 1.37 bits per heavy atom. The van der Waals surface area contributed by atoms with Gasteiger partial charge in [0.15, 0.2) is 10.9 Å². The molecular weight excluding hydrogens is 264 g/mol. The van der Waals surface area contributed by atoms with Crippen molar-refractivity contribution in [1.29, 1.82) is 0 Å². The van der Waals surface area contributed by atoms with Crippen LogP contribution in [0, 0.1) is 0 Å². The third kappa shape index (κ3) is 2.76. The highest BCUT2D eigenvalue weighted by Crippen LogP contribution is 2.43. The van der Waals surface area contributed by atoms with Gasteiger partial charge in [0, 0.05) is 11.8 Å². The van der Waals surface area contributed by atoms with Gasteiger partial charge in [-0.15, -0.1) is 11.8 Å². The minimum atomic E-state index is -0.910. The molecule has 19 heavy (non-hydrogen) atoms. The van der Waals surface area contributed by atoms with E-state index in [1.54, 1.807) is 13.8 Å². The standard InChI is InChI=1S/C14H16O4S/c1-9-12(18-10(2)15)14(3,13(16)17-9)19-11-7-5-4-6-8-11/h4-9,12H,1-3H3/t9-,12+,14?/m1/s1. The van der Waals surface area contributed by atoms with Crippen LogP contribution in [0.25, 0.3) is 0 Å². The van der Waals surface area contributed by atoms with Crippen molar-refractivity contribution in [3.8, 4) is 0 Å². The maximum absolute atomic E-state index is 12.1. The van der Waals surface area contributed by atoms with Crippen molar-refractivity contribution in [3.63, 3.8) is 0 Å². The SMILES string of the molecule is CC(=O)O[C@H]1[C@@H](C)OC(=O)C1(C)Sc1ccccc1. The van der Waals surface area contributed by atoms with E-state index in [4.69, 9.17) is 9.47 Å². The summed E-state index contributed by atoms with van der Waals surface area (Å²) in [5.74, 6) is -0.755. The van der Waals surface area contributed by atoms with Gasteiger partial charge in [-0.1, -0.05) is 18.2 Å². The average molecular weight is 280 g/mol. The fourth-order valence-electron chi connectivity index (χ4n) is 2.13. The van der Waals surface area contributed by atoms with Gasteiger partial charge in [0.25, 0.3) is 0 Å². The van der Waals surface area contributed by atoms with E-state index in [1.807, 2.05) is 30.3 Å². The van der Waals surface area contributed by atoms with Gasteiger partial charge in [-0.25, -0.2) is 0 Å². The van der Waals surface area contributed by atoms with E-state index >= 15 is 0 Å². The molecule has 0 radical (unpaired) electrons. The lowest BCUT2D eigenvalue weighted by atomic mass is 10.0. The lowest BCUT2D eigenvalue weighted by Crippen LogP contribution is -2.42. The second-order valence-corrected chi connectivity index (χ2v) is 6.19. The van der Waals surface area contributed by atoms with Crippen molar-refractivity contribution in [3.05, 3.63) is 30.3 Å². The zero-order valence-corrected chi connectivity index (χ0v) is 11.9. The Balaban J connectivity index is 2.26. The maximum Gasteiger partial charge on any atom is 0.326 e. The van der Waals surface area contributed by atoms with Gasteiger partial charge in [-0.05, 0) is 26.0 Å². The van der Waals surface area contributed by atoms with Gasteiger partial charge in [0.1, 0.15) is 6.10 Å². The molecule has 1 aliphatic rings. The third-order valence-corrected chi connectivity index (χ3v) is 4.36. The van der Waals surface area contributed by atoms with E-state index in [-0.39, 0.29) is 5.97 Å². The molecule has 0 saturated carbocycles. The van der Waals surface area contributed by atoms with E-state index in [2.05, 4.69) is 0 Å². The van der Waals surface area contributed by atoms with Crippen molar-refractivity contribution in [2.24, 2.45) is 0 Å².